The van der Waals surface area contributed by atoms with Gasteiger partial charge in [-0.15, -0.1) is 0 Å². The minimum absolute atomic E-state index is 0.157. The lowest BCUT2D eigenvalue weighted by Crippen LogP contribution is -2.39. The van der Waals surface area contributed by atoms with Crippen LogP contribution in [0.3, 0.4) is 0 Å². The molecule has 1 aliphatic heterocycles. The van der Waals surface area contributed by atoms with Crippen molar-refractivity contribution in [3.63, 3.8) is 0 Å². The monoisotopic (exact) mass is 380 g/mol. The van der Waals surface area contributed by atoms with Gasteiger partial charge in [0, 0.05) is 44.1 Å². The topological polar surface area (TPSA) is 85.3 Å². The minimum Gasteiger partial charge on any atom is -0.466 e. The molecule has 1 fully saturated rings. The van der Waals surface area contributed by atoms with Crippen LogP contribution in [0.25, 0.3) is 11.3 Å². The van der Waals surface area contributed by atoms with Crippen molar-refractivity contribution in [1.29, 1.82) is 0 Å². The van der Waals surface area contributed by atoms with E-state index < -0.39 is 0 Å². The molecule has 0 bridgehead atoms. The Hall–Kier alpha value is -2.96. The quantitative estimate of drug-likeness (QED) is 0.671. The summed E-state index contributed by atoms with van der Waals surface area (Å²) in [5, 5.41) is 3.97. The van der Waals surface area contributed by atoms with Crippen LogP contribution in [-0.2, 0) is 11.2 Å². The highest BCUT2D eigenvalue weighted by atomic mass is 16.5. The predicted octanol–water partition coefficient (Wildman–Crippen LogP) is 3.68. The van der Waals surface area contributed by atoms with Gasteiger partial charge >= 0.3 is 0 Å². The number of hydrogen-bond donors (Lipinski definition) is 0. The Bertz CT molecular complexity index is 962. The second-order valence-electron chi connectivity index (χ2n) is 7.35. The van der Waals surface area contributed by atoms with Crippen molar-refractivity contribution in [2.45, 2.75) is 45.4 Å². The minimum atomic E-state index is 0.157. The molecule has 1 saturated heterocycles. The summed E-state index contributed by atoms with van der Waals surface area (Å²) in [6.45, 7) is 5.25. The second kappa shape index (κ2) is 7.96. The van der Waals surface area contributed by atoms with E-state index in [4.69, 9.17) is 8.94 Å². The van der Waals surface area contributed by atoms with Gasteiger partial charge in [0.15, 0.2) is 5.76 Å². The SMILES string of the molecule is Cc1cc(-c2cncnc2C2CCCN(C(=O)CCc3ccc(C)o3)C2)on1. The zero-order valence-corrected chi connectivity index (χ0v) is 16.2. The number of carbonyl (C=O) groups is 1. The van der Waals surface area contributed by atoms with Gasteiger partial charge < -0.3 is 13.8 Å². The molecule has 28 heavy (non-hydrogen) atoms. The molecular formula is C21H24N4O3. The van der Waals surface area contributed by atoms with E-state index in [1.54, 1.807) is 12.5 Å². The van der Waals surface area contributed by atoms with Crippen LogP contribution in [0.5, 0.6) is 0 Å². The van der Waals surface area contributed by atoms with Gasteiger partial charge in [-0.1, -0.05) is 5.16 Å². The molecule has 1 atom stereocenters. The number of aryl methyl sites for hydroxylation is 3. The van der Waals surface area contributed by atoms with Crippen molar-refractivity contribution in [3.8, 4) is 11.3 Å². The van der Waals surface area contributed by atoms with Crippen LogP contribution in [0.2, 0.25) is 0 Å². The Labute approximate surface area is 163 Å². The first-order valence-corrected chi connectivity index (χ1v) is 9.67. The zero-order chi connectivity index (χ0) is 19.5. The normalized spacial score (nSPS) is 17.1. The van der Waals surface area contributed by atoms with Gasteiger partial charge in [-0.3, -0.25) is 4.79 Å². The third kappa shape index (κ3) is 3.98. The summed E-state index contributed by atoms with van der Waals surface area (Å²) >= 11 is 0. The first-order chi connectivity index (χ1) is 13.6. The number of carbonyl (C=O) groups excluding carboxylic acids is 1. The largest absolute Gasteiger partial charge is 0.466 e. The molecule has 0 saturated carbocycles. The van der Waals surface area contributed by atoms with Gasteiger partial charge in [0.25, 0.3) is 0 Å². The third-order valence-corrected chi connectivity index (χ3v) is 5.18. The van der Waals surface area contributed by atoms with Crippen LogP contribution in [0.15, 0.2) is 39.7 Å². The average Bonchev–Trinajstić information content (AvgIpc) is 3.34. The molecular weight excluding hydrogens is 356 g/mol. The lowest BCUT2D eigenvalue weighted by molar-refractivity contribution is -0.132. The summed E-state index contributed by atoms with van der Waals surface area (Å²) in [6.07, 6.45) is 6.35. The van der Waals surface area contributed by atoms with Crippen molar-refractivity contribution in [1.82, 2.24) is 20.0 Å². The number of amides is 1. The fraction of sp³-hybridized carbons (Fsp3) is 0.429. The summed E-state index contributed by atoms with van der Waals surface area (Å²) in [7, 11) is 0. The van der Waals surface area contributed by atoms with E-state index in [1.165, 1.54) is 0 Å². The maximum absolute atomic E-state index is 12.7. The summed E-state index contributed by atoms with van der Waals surface area (Å²) in [5.74, 6) is 2.72. The van der Waals surface area contributed by atoms with E-state index >= 15 is 0 Å². The fourth-order valence-corrected chi connectivity index (χ4v) is 3.78. The van der Waals surface area contributed by atoms with E-state index in [1.807, 2.05) is 36.9 Å². The van der Waals surface area contributed by atoms with Gasteiger partial charge in [-0.25, -0.2) is 9.97 Å². The molecule has 1 unspecified atom stereocenters. The molecule has 0 radical (unpaired) electrons. The Morgan fingerprint density at radius 3 is 2.96 bits per heavy atom. The molecule has 4 rings (SSSR count). The maximum Gasteiger partial charge on any atom is 0.223 e. The summed E-state index contributed by atoms with van der Waals surface area (Å²) in [6, 6.07) is 5.76. The van der Waals surface area contributed by atoms with E-state index in [9.17, 15) is 4.79 Å². The highest BCUT2D eigenvalue weighted by molar-refractivity contribution is 5.76. The molecule has 0 aromatic carbocycles. The van der Waals surface area contributed by atoms with Crippen LogP contribution < -0.4 is 0 Å². The number of furan rings is 1. The summed E-state index contributed by atoms with van der Waals surface area (Å²) in [5.41, 5.74) is 2.59. The molecule has 0 aliphatic carbocycles. The average molecular weight is 380 g/mol. The molecule has 0 spiro atoms. The van der Waals surface area contributed by atoms with Crippen LogP contribution in [0, 0.1) is 13.8 Å². The number of piperidine rings is 1. The van der Waals surface area contributed by atoms with Crippen molar-refractivity contribution in [3.05, 3.63) is 53.6 Å². The second-order valence-corrected chi connectivity index (χ2v) is 7.35. The summed E-state index contributed by atoms with van der Waals surface area (Å²) in [4.78, 5) is 23.4. The third-order valence-electron chi connectivity index (χ3n) is 5.18. The predicted molar refractivity (Wildman–Crippen MR) is 103 cm³/mol. The van der Waals surface area contributed by atoms with E-state index in [2.05, 4.69) is 15.1 Å². The van der Waals surface area contributed by atoms with E-state index in [0.29, 0.717) is 25.1 Å². The van der Waals surface area contributed by atoms with Crippen LogP contribution in [-0.4, -0.2) is 39.0 Å². The molecule has 4 heterocycles. The molecule has 1 aliphatic rings. The smallest absolute Gasteiger partial charge is 0.223 e. The number of aromatic nitrogens is 3. The van der Waals surface area contributed by atoms with Crippen molar-refractivity contribution < 1.29 is 13.7 Å². The lowest BCUT2D eigenvalue weighted by Gasteiger charge is -2.33. The van der Waals surface area contributed by atoms with Crippen LogP contribution >= 0.6 is 0 Å². The van der Waals surface area contributed by atoms with Crippen LogP contribution in [0.1, 0.15) is 48.1 Å². The van der Waals surface area contributed by atoms with Gasteiger partial charge in [-0.2, -0.15) is 0 Å². The van der Waals surface area contributed by atoms with Gasteiger partial charge in [0.05, 0.1) is 17.0 Å². The molecule has 0 N–H and O–H groups in total. The van der Waals surface area contributed by atoms with Gasteiger partial charge in [0.2, 0.25) is 5.91 Å². The Morgan fingerprint density at radius 2 is 2.21 bits per heavy atom. The molecule has 3 aromatic heterocycles. The first-order valence-electron chi connectivity index (χ1n) is 9.67. The number of rotatable bonds is 5. The molecule has 146 valence electrons. The van der Waals surface area contributed by atoms with Gasteiger partial charge in [-0.05, 0) is 38.8 Å². The lowest BCUT2D eigenvalue weighted by atomic mass is 9.91. The molecule has 1 amide bonds. The Morgan fingerprint density at radius 1 is 1.32 bits per heavy atom. The first kappa shape index (κ1) is 18.4. The van der Waals surface area contributed by atoms with Gasteiger partial charge in [0.1, 0.15) is 17.8 Å². The molecule has 3 aromatic rings. The Kier molecular flexibility index (Phi) is 5.23. The fourth-order valence-electron chi connectivity index (χ4n) is 3.78. The van der Waals surface area contributed by atoms with E-state index in [0.717, 1.165) is 47.9 Å². The highest BCUT2D eigenvalue weighted by Crippen LogP contribution is 2.33. The standard InChI is InChI=1S/C21H24N4O3/c1-14-10-19(28-24-14)18-11-22-13-23-21(18)16-4-3-9-25(12-16)20(26)8-7-17-6-5-15(2)27-17/h5-6,10-11,13,16H,3-4,7-9,12H2,1-2H3. The zero-order valence-electron chi connectivity index (χ0n) is 16.2. The van der Waals surface area contributed by atoms with Crippen molar-refractivity contribution in [2.24, 2.45) is 0 Å². The highest BCUT2D eigenvalue weighted by Gasteiger charge is 2.28. The Balaban J connectivity index is 1.46. The van der Waals surface area contributed by atoms with Crippen molar-refractivity contribution >= 4 is 5.91 Å². The molecule has 7 nitrogen and oxygen atoms in total. The van der Waals surface area contributed by atoms with Crippen LogP contribution in [0.4, 0.5) is 0 Å². The number of nitrogens with zero attached hydrogens (tertiary/aromatic N) is 4. The van der Waals surface area contributed by atoms with E-state index in [-0.39, 0.29) is 11.8 Å². The summed E-state index contributed by atoms with van der Waals surface area (Å²) < 4.78 is 11.0. The molecule has 7 heteroatoms. The maximum atomic E-state index is 12.7. The number of likely N-dealkylation sites (tertiary alicyclic amines) is 1. The number of hydrogen-bond acceptors (Lipinski definition) is 6. The van der Waals surface area contributed by atoms with Crippen molar-refractivity contribution in [2.75, 3.05) is 13.1 Å².